The molecule has 1 aromatic heterocycles. The van der Waals surface area contributed by atoms with E-state index >= 15 is 0 Å². The molecule has 25 heavy (non-hydrogen) atoms. The molecule has 0 saturated heterocycles. The van der Waals surface area contributed by atoms with Gasteiger partial charge in [0, 0.05) is 25.1 Å². The van der Waals surface area contributed by atoms with Crippen molar-refractivity contribution in [3.63, 3.8) is 0 Å². The third kappa shape index (κ3) is 3.94. The Hall–Kier alpha value is -2.95. The zero-order valence-electron chi connectivity index (χ0n) is 14.0. The number of hydrogen-bond acceptors (Lipinski definition) is 2. The minimum absolute atomic E-state index is 0.0787. The highest BCUT2D eigenvalue weighted by molar-refractivity contribution is 5.80. The summed E-state index contributed by atoms with van der Waals surface area (Å²) in [7, 11) is 0. The number of pyridine rings is 1. The first-order valence-electron chi connectivity index (χ1n) is 8.15. The summed E-state index contributed by atoms with van der Waals surface area (Å²) in [5, 5.41) is 3.77. The van der Waals surface area contributed by atoms with Gasteiger partial charge in [0.2, 0.25) is 5.91 Å². The molecule has 3 aromatic rings. The van der Waals surface area contributed by atoms with Gasteiger partial charge in [-0.2, -0.15) is 0 Å². The van der Waals surface area contributed by atoms with Gasteiger partial charge in [-0.3, -0.25) is 9.59 Å². The second-order valence-electron chi connectivity index (χ2n) is 6.00. The molecule has 128 valence electrons. The van der Waals surface area contributed by atoms with Crippen LogP contribution in [0.4, 0.5) is 4.39 Å². The van der Waals surface area contributed by atoms with Gasteiger partial charge in [-0.1, -0.05) is 30.3 Å². The van der Waals surface area contributed by atoms with Crippen molar-refractivity contribution in [2.75, 3.05) is 0 Å². The van der Waals surface area contributed by atoms with Crippen molar-refractivity contribution >= 4 is 16.8 Å². The first-order chi connectivity index (χ1) is 12.0. The van der Waals surface area contributed by atoms with Crippen molar-refractivity contribution in [1.82, 2.24) is 9.88 Å². The Morgan fingerprint density at radius 1 is 1.12 bits per heavy atom. The van der Waals surface area contributed by atoms with Gasteiger partial charge in [0.25, 0.3) is 5.56 Å². The fraction of sp³-hybridized carbons (Fsp3) is 0.200. The third-order valence-electron chi connectivity index (χ3n) is 4.15. The number of fused-ring (bicyclic) bond motifs is 1. The summed E-state index contributed by atoms with van der Waals surface area (Å²) in [5.41, 5.74) is 2.23. The summed E-state index contributed by atoms with van der Waals surface area (Å²) < 4.78 is 14.5. The number of carbonyl (C=O) groups is 1. The Morgan fingerprint density at radius 3 is 2.60 bits per heavy atom. The number of aryl methyl sites for hydroxylation is 2. The van der Waals surface area contributed by atoms with E-state index in [2.05, 4.69) is 5.32 Å². The molecular formula is C20H19FN2O2. The number of para-hydroxylation sites is 1. The number of benzene rings is 2. The quantitative estimate of drug-likeness (QED) is 0.777. The van der Waals surface area contributed by atoms with Crippen LogP contribution in [0.2, 0.25) is 0 Å². The van der Waals surface area contributed by atoms with Crippen LogP contribution in [0.1, 0.15) is 17.5 Å². The van der Waals surface area contributed by atoms with Crippen molar-refractivity contribution in [3.05, 3.63) is 81.9 Å². The van der Waals surface area contributed by atoms with E-state index in [0.717, 1.165) is 16.5 Å². The lowest BCUT2D eigenvalue weighted by atomic mass is 10.1. The number of nitrogens with zero attached hydrogens (tertiary/aromatic N) is 1. The molecule has 0 atom stereocenters. The molecule has 3 rings (SSSR count). The van der Waals surface area contributed by atoms with E-state index in [0.29, 0.717) is 18.7 Å². The molecule has 0 saturated carbocycles. The predicted molar refractivity (Wildman–Crippen MR) is 95.8 cm³/mol. The van der Waals surface area contributed by atoms with Gasteiger partial charge in [-0.25, -0.2) is 4.39 Å². The van der Waals surface area contributed by atoms with Crippen molar-refractivity contribution < 1.29 is 9.18 Å². The molecule has 1 N–H and O–H groups in total. The minimum Gasteiger partial charge on any atom is -0.352 e. The van der Waals surface area contributed by atoms with Gasteiger partial charge in [0.05, 0.1) is 5.52 Å². The van der Waals surface area contributed by atoms with Crippen molar-refractivity contribution in [1.29, 1.82) is 0 Å². The first kappa shape index (κ1) is 16.9. The lowest BCUT2D eigenvalue weighted by Crippen LogP contribution is -2.28. The number of nitrogens with one attached hydrogen (secondary N) is 1. The second-order valence-corrected chi connectivity index (χ2v) is 6.00. The average molecular weight is 338 g/mol. The van der Waals surface area contributed by atoms with Crippen LogP contribution in [-0.4, -0.2) is 10.5 Å². The lowest BCUT2D eigenvalue weighted by Gasteiger charge is -2.12. The zero-order valence-corrected chi connectivity index (χ0v) is 14.0. The molecule has 0 bridgehead atoms. The maximum absolute atomic E-state index is 12.9. The molecule has 0 aliphatic heterocycles. The average Bonchev–Trinajstić information content (AvgIpc) is 2.61. The number of halogens is 1. The van der Waals surface area contributed by atoms with Gasteiger partial charge in [0.1, 0.15) is 5.82 Å². The van der Waals surface area contributed by atoms with E-state index in [1.807, 2.05) is 30.3 Å². The van der Waals surface area contributed by atoms with Crippen molar-refractivity contribution in [2.24, 2.45) is 0 Å². The SMILES string of the molecule is Cc1cc2ccccc2n(CCC(=O)NCc2ccc(F)cc2)c1=O. The van der Waals surface area contributed by atoms with E-state index in [1.165, 1.54) is 12.1 Å². The number of carbonyl (C=O) groups excluding carboxylic acids is 1. The lowest BCUT2D eigenvalue weighted by molar-refractivity contribution is -0.121. The molecule has 0 aliphatic carbocycles. The standard InChI is InChI=1S/C20H19FN2O2/c1-14-12-16-4-2-3-5-18(16)23(20(14)25)11-10-19(24)22-13-15-6-8-17(21)9-7-15/h2-9,12H,10-11,13H2,1H3,(H,22,24). The maximum atomic E-state index is 12.9. The van der Waals surface area contributed by atoms with E-state index in [9.17, 15) is 14.0 Å². The molecule has 1 amide bonds. The monoisotopic (exact) mass is 338 g/mol. The van der Waals surface area contributed by atoms with Gasteiger partial charge in [-0.15, -0.1) is 0 Å². The Kier molecular flexibility index (Phi) is 4.93. The smallest absolute Gasteiger partial charge is 0.253 e. The highest BCUT2D eigenvalue weighted by Gasteiger charge is 2.08. The Labute approximate surface area is 144 Å². The third-order valence-corrected chi connectivity index (χ3v) is 4.15. The highest BCUT2D eigenvalue weighted by atomic mass is 19.1. The Bertz CT molecular complexity index is 962. The van der Waals surface area contributed by atoms with Gasteiger partial charge in [-0.05, 0) is 42.1 Å². The molecule has 2 aromatic carbocycles. The van der Waals surface area contributed by atoms with Crippen LogP contribution in [0.3, 0.4) is 0 Å². The van der Waals surface area contributed by atoms with Crippen LogP contribution in [0, 0.1) is 12.7 Å². The number of hydrogen-bond donors (Lipinski definition) is 1. The van der Waals surface area contributed by atoms with E-state index < -0.39 is 0 Å². The number of rotatable bonds is 5. The van der Waals surface area contributed by atoms with Crippen molar-refractivity contribution in [3.8, 4) is 0 Å². The summed E-state index contributed by atoms with van der Waals surface area (Å²) in [4.78, 5) is 24.5. The summed E-state index contributed by atoms with van der Waals surface area (Å²) in [6.07, 6.45) is 0.203. The van der Waals surface area contributed by atoms with Crippen LogP contribution in [0.5, 0.6) is 0 Å². The maximum Gasteiger partial charge on any atom is 0.253 e. The minimum atomic E-state index is -0.305. The van der Waals surface area contributed by atoms with E-state index in [4.69, 9.17) is 0 Å². The summed E-state index contributed by atoms with van der Waals surface area (Å²) in [6.45, 7) is 2.43. The molecular weight excluding hydrogens is 319 g/mol. The normalized spacial score (nSPS) is 10.8. The fourth-order valence-corrected chi connectivity index (χ4v) is 2.80. The molecule has 4 nitrogen and oxygen atoms in total. The Balaban J connectivity index is 1.68. The van der Waals surface area contributed by atoms with Crippen molar-refractivity contribution in [2.45, 2.75) is 26.4 Å². The molecule has 0 spiro atoms. The van der Waals surface area contributed by atoms with Gasteiger partial charge < -0.3 is 9.88 Å². The van der Waals surface area contributed by atoms with Gasteiger partial charge >= 0.3 is 0 Å². The largest absolute Gasteiger partial charge is 0.352 e. The molecule has 0 aliphatic rings. The van der Waals surface area contributed by atoms with Crippen LogP contribution in [-0.2, 0) is 17.9 Å². The fourth-order valence-electron chi connectivity index (χ4n) is 2.80. The van der Waals surface area contributed by atoms with Crippen LogP contribution in [0.25, 0.3) is 10.9 Å². The van der Waals surface area contributed by atoms with Crippen LogP contribution < -0.4 is 10.9 Å². The van der Waals surface area contributed by atoms with E-state index in [-0.39, 0.29) is 23.7 Å². The second kappa shape index (κ2) is 7.30. The van der Waals surface area contributed by atoms with Crippen LogP contribution >= 0.6 is 0 Å². The van der Waals surface area contributed by atoms with Gasteiger partial charge in [0.15, 0.2) is 0 Å². The molecule has 0 radical (unpaired) electrons. The molecule has 1 heterocycles. The Morgan fingerprint density at radius 2 is 1.84 bits per heavy atom. The number of amides is 1. The summed E-state index contributed by atoms with van der Waals surface area (Å²) in [5.74, 6) is -0.456. The van der Waals surface area contributed by atoms with E-state index in [1.54, 1.807) is 23.6 Å². The number of aromatic nitrogens is 1. The summed E-state index contributed by atoms with van der Waals surface area (Å²) >= 11 is 0. The first-order valence-corrected chi connectivity index (χ1v) is 8.15. The predicted octanol–water partition coefficient (Wildman–Crippen LogP) is 3.16. The topological polar surface area (TPSA) is 51.1 Å². The summed E-state index contributed by atoms with van der Waals surface area (Å²) in [6, 6.07) is 15.5. The molecule has 0 unspecified atom stereocenters. The molecule has 0 fully saturated rings. The molecule has 5 heteroatoms. The highest BCUT2D eigenvalue weighted by Crippen LogP contribution is 2.13. The van der Waals surface area contributed by atoms with Crippen LogP contribution in [0.15, 0.2) is 59.4 Å². The zero-order chi connectivity index (χ0) is 17.8.